The van der Waals surface area contributed by atoms with Crippen LogP contribution in [0.5, 0.6) is 0 Å². The van der Waals surface area contributed by atoms with E-state index in [4.69, 9.17) is 5.73 Å². The average Bonchev–Trinajstić information content (AvgIpc) is 2.42. The van der Waals surface area contributed by atoms with E-state index in [2.05, 4.69) is 16.8 Å². The third-order valence-corrected chi connectivity index (χ3v) is 3.88. The highest BCUT2D eigenvalue weighted by Crippen LogP contribution is 2.19. The first-order valence-electron chi connectivity index (χ1n) is 6.92. The fourth-order valence-electron chi connectivity index (χ4n) is 2.54. The maximum atomic E-state index is 11.6. The zero-order valence-electron chi connectivity index (χ0n) is 11.6. The molecule has 0 aromatic heterocycles. The zero-order valence-corrected chi connectivity index (χ0v) is 11.6. The molecule has 4 heteroatoms. The fourth-order valence-corrected chi connectivity index (χ4v) is 2.54. The molecule has 1 aliphatic rings. The number of amides is 1. The molecular weight excluding hydrogens is 238 g/mol. The summed E-state index contributed by atoms with van der Waals surface area (Å²) in [5.41, 5.74) is 6.57. The van der Waals surface area contributed by atoms with Gasteiger partial charge in [-0.25, -0.2) is 0 Å². The summed E-state index contributed by atoms with van der Waals surface area (Å²) in [6.07, 6.45) is 0.809. The first kappa shape index (κ1) is 14.0. The lowest BCUT2D eigenvalue weighted by molar-refractivity contribution is -0.119. The zero-order chi connectivity index (χ0) is 13.7. The molecule has 1 unspecified atom stereocenters. The number of likely N-dealkylation sites (N-methyl/N-ethyl adjacent to an activating group) is 1. The van der Waals surface area contributed by atoms with Crippen molar-refractivity contribution in [3.05, 3.63) is 35.9 Å². The molecule has 1 saturated heterocycles. The summed E-state index contributed by atoms with van der Waals surface area (Å²) in [4.78, 5) is 16.4. The Kier molecular flexibility index (Phi) is 4.93. The number of nitrogens with zero attached hydrogens (tertiary/aromatic N) is 2. The Balaban J connectivity index is 1.90. The summed E-state index contributed by atoms with van der Waals surface area (Å²) in [7, 11) is 2.15. The second kappa shape index (κ2) is 6.68. The van der Waals surface area contributed by atoms with Crippen molar-refractivity contribution in [1.29, 1.82) is 0 Å². The van der Waals surface area contributed by atoms with Gasteiger partial charge in [0.2, 0.25) is 5.91 Å². The summed E-state index contributed by atoms with van der Waals surface area (Å²) in [5, 5.41) is 0. The van der Waals surface area contributed by atoms with Gasteiger partial charge in [-0.2, -0.15) is 0 Å². The molecule has 0 aliphatic carbocycles. The Hall–Kier alpha value is -1.39. The Morgan fingerprint density at radius 1 is 1.21 bits per heavy atom. The predicted molar refractivity (Wildman–Crippen MR) is 76.9 cm³/mol. The molecule has 0 spiro atoms. The molecule has 1 aliphatic heterocycles. The molecule has 1 fully saturated rings. The van der Waals surface area contributed by atoms with E-state index >= 15 is 0 Å². The number of carbonyl (C=O) groups excluding carboxylic acids is 1. The molecule has 0 radical (unpaired) electrons. The van der Waals surface area contributed by atoms with Crippen LogP contribution in [0.1, 0.15) is 17.9 Å². The normalized spacial score (nSPS) is 19.2. The Morgan fingerprint density at radius 3 is 2.42 bits per heavy atom. The molecule has 104 valence electrons. The third-order valence-electron chi connectivity index (χ3n) is 3.88. The molecule has 1 heterocycles. The van der Waals surface area contributed by atoms with Crippen molar-refractivity contribution >= 4 is 5.91 Å². The number of primary amides is 1. The largest absolute Gasteiger partial charge is 0.369 e. The van der Waals surface area contributed by atoms with Crippen LogP contribution in [-0.2, 0) is 4.79 Å². The lowest BCUT2D eigenvalue weighted by Gasteiger charge is -2.33. The van der Waals surface area contributed by atoms with Gasteiger partial charge in [0.15, 0.2) is 0 Å². The number of nitrogens with two attached hydrogens (primary N) is 1. The molecule has 1 atom stereocenters. The molecule has 2 rings (SSSR count). The molecule has 0 saturated carbocycles. The van der Waals surface area contributed by atoms with Crippen molar-refractivity contribution in [3.63, 3.8) is 0 Å². The van der Waals surface area contributed by atoms with Gasteiger partial charge in [-0.15, -0.1) is 0 Å². The van der Waals surface area contributed by atoms with Gasteiger partial charge >= 0.3 is 0 Å². The summed E-state index contributed by atoms with van der Waals surface area (Å²) in [5.74, 6) is -0.388. The summed E-state index contributed by atoms with van der Waals surface area (Å²) >= 11 is 0. The minimum atomic E-state index is -0.222. The van der Waals surface area contributed by atoms with Gasteiger partial charge in [-0.1, -0.05) is 30.3 Å². The number of rotatable bonds is 5. The molecular formula is C15H23N3O. The minimum Gasteiger partial charge on any atom is -0.369 e. The summed E-state index contributed by atoms with van der Waals surface area (Å²) in [6, 6.07) is 9.85. The van der Waals surface area contributed by atoms with Crippen LogP contribution >= 0.6 is 0 Å². The molecule has 1 aromatic carbocycles. The van der Waals surface area contributed by atoms with E-state index in [1.807, 2.05) is 30.3 Å². The number of benzene rings is 1. The van der Waals surface area contributed by atoms with Crippen LogP contribution in [0.25, 0.3) is 0 Å². The molecule has 4 nitrogen and oxygen atoms in total. The topological polar surface area (TPSA) is 49.6 Å². The van der Waals surface area contributed by atoms with E-state index in [9.17, 15) is 4.79 Å². The number of piperazine rings is 1. The highest BCUT2D eigenvalue weighted by molar-refractivity contribution is 5.81. The van der Waals surface area contributed by atoms with E-state index in [1.54, 1.807) is 0 Å². The molecule has 0 bridgehead atoms. The van der Waals surface area contributed by atoms with Crippen LogP contribution in [-0.4, -0.2) is 55.5 Å². The van der Waals surface area contributed by atoms with Gasteiger partial charge in [-0.3, -0.25) is 4.79 Å². The van der Waals surface area contributed by atoms with Gasteiger partial charge in [0.25, 0.3) is 0 Å². The maximum Gasteiger partial charge on any atom is 0.225 e. The first-order chi connectivity index (χ1) is 9.16. The van der Waals surface area contributed by atoms with Crippen LogP contribution in [0.2, 0.25) is 0 Å². The smallest absolute Gasteiger partial charge is 0.225 e. The van der Waals surface area contributed by atoms with E-state index in [0.717, 1.165) is 44.7 Å². The van der Waals surface area contributed by atoms with E-state index in [1.165, 1.54) is 0 Å². The Morgan fingerprint density at radius 2 is 1.84 bits per heavy atom. The summed E-state index contributed by atoms with van der Waals surface area (Å²) in [6.45, 7) is 5.31. The van der Waals surface area contributed by atoms with Crippen molar-refractivity contribution in [1.82, 2.24) is 9.80 Å². The highest BCUT2D eigenvalue weighted by Gasteiger charge is 2.20. The van der Waals surface area contributed by atoms with Crippen molar-refractivity contribution in [3.8, 4) is 0 Å². The fraction of sp³-hybridized carbons (Fsp3) is 0.533. The van der Waals surface area contributed by atoms with Crippen molar-refractivity contribution in [2.75, 3.05) is 39.8 Å². The quantitative estimate of drug-likeness (QED) is 0.856. The van der Waals surface area contributed by atoms with Crippen LogP contribution < -0.4 is 5.73 Å². The standard InChI is InChI=1S/C15H23N3O/c1-17-9-11-18(12-10-17)8-7-14(15(16)19)13-5-3-2-4-6-13/h2-6,14H,7-12H2,1H3,(H2,16,19). The Bertz CT molecular complexity index is 399. The van der Waals surface area contributed by atoms with Crippen molar-refractivity contribution in [2.24, 2.45) is 5.73 Å². The predicted octanol–water partition coefficient (Wildman–Crippen LogP) is 0.893. The minimum absolute atomic E-state index is 0.166. The SMILES string of the molecule is CN1CCN(CCC(C(N)=O)c2ccccc2)CC1. The third kappa shape index (κ3) is 4.04. The van der Waals surface area contributed by atoms with E-state index < -0.39 is 0 Å². The molecule has 2 N–H and O–H groups in total. The maximum absolute atomic E-state index is 11.6. The van der Waals surface area contributed by atoms with Gasteiger partial charge in [0.1, 0.15) is 0 Å². The van der Waals surface area contributed by atoms with Crippen LogP contribution in [0.15, 0.2) is 30.3 Å². The number of hydrogen-bond donors (Lipinski definition) is 1. The number of carbonyl (C=O) groups is 1. The van der Waals surface area contributed by atoms with Crippen molar-refractivity contribution in [2.45, 2.75) is 12.3 Å². The van der Waals surface area contributed by atoms with E-state index in [0.29, 0.717) is 0 Å². The van der Waals surface area contributed by atoms with Gasteiger partial charge < -0.3 is 15.5 Å². The lowest BCUT2D eigenvalue weighted by Crippen LogP contribution is -2.45. The van der Waals surface area contributed by atoms with Gasteiger partial charge in [-0.05, 0) is 25.6 Å². The second-order valence-electron chi connectivity index (χ2n) is 5.30. The monoisotopic (exact) mass is 261 g/mol. The van der Waals surface area contributed by atoms with Crippen LogP contribution in [0.4, 0.5) is 0 Å². The van der Waals surface area contributed by atoms with Gasteiger partial charge in [0, 0.05) is 26.2 Å². The average molecular weight is 261 g/mol. The lowest BCUT2D eigenvalue weighted by atomic mass is 9.95. The second-order valence-corrected chi connectivity index (χ2v) is 5.30. The molecule has 19 heavy (non-hydrogen) atoms. The van der Waals surface area contributed by atoms with Crippen molar-refractivity contribution < 1.29 is 4.79 Å². The highest BCUT2D eigenvalue weighted by atomic mass is 16.1. The van der Waals surface area contributed by atoms with Crippen LogP contribution in [0.3, 0.4) is 0 Å². The molecule has 1 aromatic rings. The number of hydrogen-bond acceptors (Lipinski definition) is 3. The summed E-state index contributed by atoms with van der Waals surface area (Å²) < 4.78 is 0. The molecule has 1 amide bonds. The first-order valence-corrected chi connectivity index (χ1v) is 6.92. The van der Waals surface area contributed by atoms with E-state index in [-0.39, 0.29) is 11.8 Å². The van der Waals surface area contributed by atoms with Gasteiger partial charge in [0.05, 0.1) is 5.92 Å². The van der Waals surface area contributed by atoms with Crippen LogP contribution in [0, 0.1) is 0 Å². The Labute approximate surface area is 115 Å².